The first kappa shape index (κ1) is 20.0. The van der Waals surface area contributed by atoms with Gasteiger partial charge in [-0.1, -0.05) is 30.3 Å². The number of β-amino-alcohol motifs (C(OH)–C–C–N with tert-alkyl or cyclic N) is 1. The van der Waals surface area contributed by atoms with Crippen molar-refractivity contribution in [2.75, 3.05) is 53.4 Å². The summed E-state index contributed by atoms with van der Waals surface area (Å²) in [5.74, 6) is 0.731. The molecule has 0 amide bonds. The van der Waals surface area contributed by atoms with Crippen LogP contribution in [0.4, 0.5) is 0 Å². The monoisotopic (exact) mass is 393 g/mol. The summed E-state index contributed by atoms with van der Waals surface area (Å²) in [6.45, 7) is 2.72. The van der Waals surface area contributed by atoms with Crippen molar-refractivity contribution in [2.45, 2.75) is 6.10 Å². The second kappa shape index (κ2) is 8.53. The summed E-state index contributed by atoms with van der Waals surface area (Å²) >= 11 is 0. The topological polar surface area (TPSA) is 73.3 Å². The van der Waals surface area contributed by atoms with Gasteiger partial charge in [-0.25, -0.2) is 0 Å². The van der Waals surface area contributed by atoms with Crippen LogP contribution in [0.15, 0.2) is 42.5 Å². The van der Waals surface area contributed by atoms with Crippen molar-refractivity contribution in [3.8, 4) is 5.75 Å². The number of hydrogen-bond acceptors (Lipinski definition) is 5. The summed E-state index contributed by atoms with van der Waals surface area (Å²) in [4.78, 5) is 2.07. The lowest BCUT2D eigenvalue weighted by atomic mass is 10.1. The summed E-state index contributed by atoms with van der Waals surface area (Å²) in [5.41, 5.74) is 0. The maximum absolute atomic E-state index is 12.1. The van der Waals surface area contributed by atoms with E-state index in [4.69, 9.17) is 4.74 Å². The Morgan fingerprint density at radius 3 is 2.41 bits per heavy atom. The number of aliphatic hydroxyl groups excluding tert-OH is 1. The molecule has 1 atom stereocenters. The molecule has 27 heavy (non-hydrogen) atoms. The van der Waals surface area contributed by atoms with Gasteiger partial charge in [0, 0.05) is 46.8 Å². The minimum Gasteiger partial charge on any atom is -0.491 e. The van der Waals surface area contributed by atoms with Crippen molar-refractivity contribution in [3.63, 3.8) is 0 Å². The van der Waals surface area contributed by atoms with E-state index in [0.717, 1.165) is 16.5 Å². The highest BCUT2D eigenvalue weighted by Gasteiger charge is 2.29. The van der Waals surface area contributed by atoms with Gasteiger partial charge < -0.3 is 9.84 Å². The van der Waals surface area contributed by atoms with Crippen LogP contribution in [0.1, 0.15) is 0 Å². The van der Waals surface area contributed by atoms with Crippen molar-refractivity contribution in [1.82, 2.24) is 13.5 Å². The molecule has 2 aromatic carbocycles. The molecule has 0 aromatic heterocycles. The zero-order valence-electron chi connectivity index (χ0n) is 15.8. The largest absolute Gasteiger partial charge is 0.491 e. The van der Waals surface area contributed by atoms with E-state index in [1.54, 1.807) is 0 Å². The van der Waals surface area contributed by atoms with Gasteiger partial charge in [0.05, 0.1) is 0 Å². The molecule has 0 aliphatic carbocycles. The van der Waals surface area contributed by atoms with E-state index >= 15 is 0 Å². The van der Waals surface area contributed by atoms with E-state index in [1.165, 1.54) is 22.7 Å². The van der Waals surface area contributed by atoms with Crippen molar-refractivity contribution in [2.24, 2.45) is 0 Å². The number of piperazine rings is 1. The standard InChI is InChI=1S/C19H27N3O4S/c1-20(2)27(24,25)22-11-9-21(10-12-22)14-18(23)15-26-19-8-7-16-5-3-4-6-17(16)13-19/h3-8,13,18,23H,9-12,14-15H2,1-2H3/t18-/m1/s1. The Hall–Kier alpha value is -1.71. The summed E-state index contributed by atoms with van der Waals surface area (Å²) in [6.07, 6.45) is -0.631. The zero-order valence-corrected chi connectivity index (χ0v) is 16.6. The predicted octanol–water partition coefficient (Wildman–Crippen LogP) is 1.00. The Labute approximate surface area is 160 Å². The van der Waals surface area contributed by atoms with Crippen LogP contribution < -0.4 is 4.74 Å². The van der Waals surface area contributed by atoms with Gasteiger partial charge >= 0.3 is 0 Å². The Bertz CT molecular complexity index is 864. The van der Waals surface area contributed by atoms with Gasteiger partial charge in [-0.15, -0.1) is 0 Å². The maximum Gasteiger partial charge on any atom is 0.281 e. The van der Waals surface area contributed by atoms with Gasteiger partial charge in [-0.2, -0.15) is 17.0 Å². The SMILES string of the molecule is CN(C)S(=O)(=O)N1CCN(C[C@@H](O)COc2ccc3ccccc3c2)CC1. The van der Waals surface area contributed by atoms with Crippen molar-refractivity contribution in [1.29, 1.82) is 0 Å². The first-order valence-electron chi connectivity index (χ1n) is 9.06. The third-order valence-corrected chi connectivity index (χ3v) is 6.69. The average Bonchev–Trinajstić information content (AvgIpc) is 2.66. The Kier molecular flexibility index (Phi) is 6.33. The van der Waals surface area contributed by atoms with Crippen LogP contribution in [-0.4, -0.2) is 86.6 Å². The van der Waals surface area contributed by atoms with E-state index in [0.29, 0.717) is 32.7 Å². The molecule has 148 valence electrons. The molecule has 1 heterocycles. The summed E-state index contributed by atoms with van der Waals surface area (Å²) in [5, 5.41) is 12.5. The minimum atomic E-state index is -3.36. The third kappa shape index (κ3) is 4.97. The predicted molar refractivity (Wildman–Crippen MR) is 106 cm³/mol. The molecule has 1 saturated heterocycles. The van der Waals surface area contributed by atoms with Crippen LogP contribution in [0.25, 0.3) is 10.8 Å². The second-order valence-electron chi connectivity index (χ2n) is 6.96. The molecule has 2 aromatic rings. The van der Waals surface area contributed by atoms with E-state index in [1.807, 2.05) is 42.5 Å². The van der Waals surface area contributed by atoms with Crippen molar-refractivity contribution >= 4 is 21.0 Å². The lowest BCUT2D eigenvalue weighted by molar-refractivity contribution is 0.0565. The molecule has 3 rings (SSSR count). The Morgan fingerprint density at radius 1 is 1.07 bits per heavy atom. The van der Waals surface area contributed by atoms with Crippen LogP contribution in [0, 0.1) is 0 Å². The molecular weight excluding hydrogens is 366 g/mol. The van der Waals surface area contributed by atoms with Crippen molar-refractivity contribution in [3.05, 3.63) is 42.5 Å². The second-order valence-corrected chi connectivity index (χ2v) is 9.11. The zero-order chi connectivity index (χ0) is 19.4. The van der Waals surface area contributed by atoms with Gasteiger partial charge in [-0.3, -0.25) is 4.90 Å². The van der Waals surface area contributed by atoms with Gasteiger partial charge in [0.2, 0.25) is 0 Å². The fourth-order valence-electron chi connectivity index (χ4n) is 3.17. The molecule has 0 spiro atoms. The summed E-state index contributed by atoms with van der Waals surface area (Å²) < 4.78 is 32.7. The number of rotatable bonds is 7. The fraction of sp³-hybridized carbons (Fsp3) is 0.474. The van der Waals surface area contributed by atoms with Crippen LogP contribution in [0.2, 0.25) is 0 Å². The van der Waals surface area contributed by atoms with Crippen LogP contribution >= 0.6 is 0 Å². The van der Waals surface area contributed by atoms with Crippen LogP contribution in [0.3, 0.4) is 0 Å². The average molecular weight is 394 g/mol. The fourth-order valence-corrected chi connectivity index (χ4v) is 4.26. The van der Waals surface area contributed by atoms with E-state index < -0.39 is 16.3 Å². The number of aliphatic hydroxyl groups is 1. The first-order chi connectivity index (χ1) is 12.9. The highest BCUT2D eigenvalue weighted by Crippen LogP contribution is 2.20. The van der Waals surface area contributed by atoms with Gasteiger partial charge in [0.25, 0.3) is 10.2 Å². The quantitative estimate of drug-likeness (QED) is 0.760. The molecular formula is C19H27N3O4S. The minimum absolute atomic E-state index is 0.203. The molecule has 0 saturated carbocycles. The first-order valence-corrected chi connectivity index (χ1v) is 10.5. The molecule has 0 unspecified atom stereocenters. The van der Waals surface area contributed by atoms with E-state index in [-0.39, 0.29) is 6.61 Å². The van der Waals surface area contributed by atoms with Gasteiger partial charge in [0.1, 0.15) is 18.5 Å². The van der Waals surface area contributed by atoms with Gasteiger partial charge in [0.15, 0.2) is 0 Å². The maximum atomic E-state index is 12.1. The molecule has 1 aliphatic rings. The summed E-state index contributed by atoms with van der Waals surface area (Å²) in [6, 6.07) is 13.9. The van der Waals surface area contributed by atoms with E-state index in [9.17, 15) is 13.5 Å². The highest BCUT2D eigenvalue weighted by molar-refractivity contribution is 7.86. The molecule has 1 aliphatic heterocycles. The normalized spacial score (nSPS) is 18.1. The molecule has 0 radical (unpaired) electrons. The lowest BCUT2D eigenvalue weighted by Crippen LogP contribution is -2.53. The Morgan fingerprint density at radius 2 is 1.74 bits per heavy atom. The van der Waals surface area contributed by atoms with Crippen LogP contribution in [0.5, 0.6) is 5.75 Å². The third-order valence-electron chi connectivity index (χ3n) is 4.75. The summed E-state index contributed by atoms with van der Waals surface area (Å²) in [7, 11) is -0.289. The number of fused-ring (bicyclic) bond motifs is 1. The molecule has 0 bridgehead atoms. The van der Waals surface area contributed by atoms with E-state index in [2.05, 4.69) is 4.90 Å². The number of ether oxygens (including phenoxy) is 1. The molecule has 8 heteroatoms. The Balaban J connectivity index is 1.46. The highest BCUT2D eigenvalue weighted by atomic mass is 32.2. The van der Waals surface area contributed by atoms with Gasteiger partial charge in [-0.05, 0) is 22.9 Å². The number of benzene rings is 2. The van der Waals surface area contributed by atoms with Crippen LogP contribution in [-0.2, 0) is 10.2 Å². The van der Waals surface area contributed by atoms with Crippen molar-refractivity contribution < 1.29 is 18.3 Å². The number of hydrogen-bond donors (Lipinski definition) is 1. The number of nitrogens with zero attached hydrogens (tertiary/aromatic N) is 3. The smallest absolute Gasteiger partial charge is 0.281 e. The molecule has 1 fully saturated rings. The molecule has 1 N–H and O–H groups in total. The lowest BCUT2D eigenvalue weighted by Gasteiger charge is -2.35. The molecule has 7 nitrogen and oxygen atoms in total.